The summed E-state index contributed by atoms with van der Waals surface area (Å²) >= 11 is 0. The Kier molecular flexibility index (Phi) is 3.77. The summed E-state index contributed by atoms with van der Waals surface area (Å²) < 4.78 is 5.93. The number of nitrogens with zero attached hydrogens (tertiary/aromatic N) is 3. The van der Waals surface area contributed by atoms with Crippen LogP contribution >= 0.6 is 0 Å². The smallest absolute Gasteiger partial charge is 0.138 e. The molecule has 21 heavy (non-hydrogen) atoms. The van der Waals surface area contributed by atoms with Gasteiger partial charge in [0, 0.05) is 25.9 Å². The highest BCUT2D eigenvalue weighted by Gasteiger charge is 2.21. The van der Waals surface area contributed by atoms with Crippen molar-refractivity contribution in [1.29, 1.82) is 0 Å². The van der Waals surface area contributed by atoms with Gasteiger partial charge in [0.05, 0.1) is 18.1 Å². The molecule has 4 N–H and O–H groups in total. The summed E-state index contributed by atoms with van der Waals surface area (Å²) in [6.07, 6.45) is 5.64. The van der Waals surface area contributed by atoms with Gasteiger partial charge in [0.2, 0.25) is 0 Å². The van der Waals surface area contributed by atoms with Crippen molar-refractivity contribution in [3.8, 4) is 5.75 Å². The van der Waals surface area contributed by atoms with Crippen molar-refractivity contribution < 1.29 is 4.74 Å². The lowest BCUT2D eigenvalue weighted by Crippen LogP contribution is -2.38. The Morgan fingerprint density at radius 2 is 1.62 bits per heavy atom. The first-order chi connectivity index (χ1) is 10.2. The van der Waals surface area contributed by atoms with E-state index in [-0.39, 0.29) is 6.10 Å². The average Bonchev–Trinajstić information content (AvgIpc) is 2.51. The molecule has 1 fully saturated rings. The second kappa shape index (κ2) is 5.87. The van der Waals surface area contributed by atoms with Crippen LogP contribution in [-0.4, -0.2) is 29.2 Å². The lowest BCUT2D eigenvalue weighted by Gasteiger charge is -2.33. The fraction of sp³-hybridized carbons (Fsp3) is 0.333. The third-order valence-electron chi connectivity index (χ3n) is 3.64. The highest BCUT2D eigenvalue weighted by molar-refractivity contribution is 5.48. The van der Waals surface area contributed by atoms with Gasteiger partial charge >= 0.3 is 0 Å². The van der Waals surface area contributed by atoms with Crippen LogP contribution in [0.15, 0.2) is 36.7 Å². The maximum absolute atomic E-state index is 5.93. The molecule has 1 aliphatic rings. The fourth-order valence-corrected chi connectivity index (χ4v) is 2.47. The highest BCUT2D eigenvalue weighted by atomic mass is 16.5. The first kappa shape index (κ1) is 13.5. The number of hydrogen-bond acceptors (Lipinski definition) is 6. The van der Waals surface area contributed by atoms with E-state index in [2.05, 4.69) is 14.9 Å². The Morgan fingerprint density at radius 3 is 2.19 bits per heavy atom. The second-order valence-electron chi connectivity index (χ2n) is 5.16. The van der Waals surface area contributed by atoms with E-state index in [1.54, 1.807) is 12.3 Å². The summed E-state index contributed by atoms with van der Waals surface area (Å²) in [6, 6.07) is 7.45. The van der Waals surface area contributed by atoms with E-state index in [4.69, 9.17) is 16.2 Å². The van der Waals surface area contributed by atoms with E-state index >= 15 is 0 Å². The molecule has 1 aliphatic heterocycles. The molecule has 0 spiro atoms. The molecule has 0 saturated carbocycles. The predicted octanol–water partition coefficient (Wildman–Crippen LogP) is 1.69. The molecule has 0 aliphatic carbocycles. The lowest BCUT2D eigenvalue weighted by molar-refractivity contribution is 0.170. The van der Waals surface area contributed by atoms with Crippen LogP contribution in [0.25, 0.3) is 0 Å². The molecule has 0 aromatic carbocycles. The van der Waals surface area contributed by atoms with Crippen LogP contribution < -0.4 is 21.1 Å². The van der Waals surface area contributed by atoms with Gasteiger partial charge in [-0.05, 0) is 24.3 Å². The van der Waals surface area contributed by atoms with Crippen LogP contribution in [0, 0.1) is 0 Å². The van der Waals surface area contributed by atoms with E-state index in [0.717, 1.165) is 37.4 Å². The molecule has 6 nitrogen and oxygen atoms in total. The molecule has 2 aromatic heterocycles. The highest BCUT2D eigenvalue weighted by Crippen LogP contribution is 2.23. The third-order valence-corrected chi connectivity index (χ3v) is 3.64. The summed E-state index contributed by atoms with van der Waals surface area (Å²) in [6.45, 7) is 1.89. The zero-order valence-electron chi connectivity index (χ0n) is 11.8. The number of piperidine rings is 1. The third kappa shape index (κ3) is 3.34. The molecule has 6 heteroatoms. The van der Waals surface area contributed by atoms with Gasteiger partial charge in [0.15, 0.2) is 0 Å². The molecular formula is C15H19N5O. The van der Waals surface area contributed by atoms with E-state index in [1.807, 2.05) is 24.4 Å². The predicted molar refractivity (Wildman–Crippen MR) is 83.2 cm³/mol. The van der Waals surface area contributed by atoms with Gasteiger partial charge in [-0.3, -0.25) is 0 Å². The average molecular weight is 285 g/mol. The van der Waals surface area contributed by atoms with Crippen molar-refractivity contribution in [2.24, 2.45) is 0 Å². The Morgan fingerprint density at radius 1 is 0.952 bits per heavy atom. The number of nitrogens with two attached hydrogens (primary N) is 2. The Balaban J connectivity index is 1.55. The minimum atomic E-state index is 0.216. The number of aromatic nitrogens is 2. The molecule has 2 aromatic rings. The summed E-state index contributed by atoms with van der Waals surface area (Å²) in [5.41, 5.74) is 12.3. The number of nitrogen functional groups attached to an aromatic ring is 2. The minimum absolute atomic E-state index is 0.216. The van der Waals surface area contributed by atoms with Gasteiger partial charge < -0.3 is 21.1 Å². The SMILES string of the molecule is Nc1ccc(OC2CCN(c3ccc(N)nc3)CC2)cn1. The van der Waals surface area contributed by atoms with Crippen LogP contribution in [0.2, 0.25) is 0 Å². The van der Waals surface area contributed by atoms with Crippen molar-refractivity contribution in [3.05, 3.63) is 36.7 Å². The number of hydrogen-bond donors (Lipinski definition) is 2. The van der Waals surface area contributed by atoms with Crippen LogP contribution in [0.3, 0.4) is 0 Å². The summed E-state index contributed by atoms with van der Waals surface area (Å²) in [5.74, 6) is 1.83. The Hall–Kier alpha value is -2.50. The van der Waals surface area contributed by atoms with E-state index in [0.29, 0.717) is 11.6 Å². The van der Waals surface area contributed by atoms with Gasteiger partial charge in [-0.1, -0.05) is 0 Å². The minimum Gasteiger partial charge on any atom is -0.489 e. The molecule has 0 bridgehead atoms. The van der Waals surface area contributed by atoms with Crippen molar-refractivity contribution in [1.82, 2.24) is 9.97 Å². The molecule has 0 unspecified atom stereocenters. The van der Waals surface area contributed by atoms with Gasteiger partial charge in [0.1, 0.15) is 23.5 Å². The molecule has 0 radical (unpaired) electrons. The maximum Gasteiger partial charge on any atom is 0.138 e. The van der Waals surface area contributed by atoms with Crippen LogP contribution in [0.1, 0.15) is 12.8 Å². The van der Waals surface area contributed by atoms with Gasteiger partial charge in [0.25, 0.3) is 0 Å². The van der Waals surface area contributed by atoms with E-state index in [1.165, 1.54) is 0 Å². The van der Waals surface area contributed by atoms with E-state index in [9.17, 15) is 0 Å². The molecule has 0 atom stereocenters. The number of anilines is 3. The molecule has 3 rings (SSSR count). The van der Waals surface area contributed by atoms with Crippen molar-refractivity contribution in [2.75, 3.05) is 29.5 Å². The van der Waals surface area contributed by atoms with Crippen LogP contribution in [0.4, 0.5) is 17.3 Å². The van der Waals surface area contributed by atoms with Crippen molar-refractivity contribution in [2.45, 2.75) is 18.9 Å². The van der Waals surface area contributed by atoms with Crippen molar-refractivity contribution >= 4 is 17.3 Å². The summed E-state index contributed by atoms with van der Waals surface area (Å²) in [4.78, 5) is 10.5. The van der Waals surface area contributed by atoms with Gasteiger partial charge in [-0.15, -0.1) is 0 Å². The first-order valence-corrected chi connectivity index (χ1v) is 7.05. The summed E-state index contributed by atoms with van der Waals surface area (Å²) in [7, 11) is 0. The molecule has 0 amide bonds. The topological polar surface area (TPSA) is 90.3 Å². The fourth-order valence-electron chi connectivity index (χ4n) is 2.47. The van der Waals surface area contributed by atoms with Gasteiger partial charge in [-0.25, -0.2) is 9.97 Å². The quantitative estimate of drug-likeness (QED) is 0.892. The lowest BCUT2D eigenvalue weighted by atomic mass is 10.1. The normalized spacial score (nSPS) is 15.9. The van der Waals surface area contributed by atoms with Crippen molar-refractivity contribution in [3.63, 3.8) is 0 Å². The number of ether oxygens (including phenoxy) is 1. The zero-order chi connectivity index (χ0) is 14.7. The van der Waals surface area contributed by atoms with Gasteiger partial charge in [-0.2, -0.15) is 0 Å². The molecule has 1 saturated heterocycles. The number of rotatable bonds is 3. The second-order valence-corrected chi connectivity index (χ2v) is 5.16. The Bertz CT molecular complexity index is 576. The largest absolute Gasteiger partial charge is 0.489 e. The maximum atomic E-state index is 5.93. The molecule has 3 heterocycles. The monoisotopic (exact) mass is 285 g/mol. The zero-order valence-corrected chi connectivity index (χ0v) is 11.8. The summed E-state index contributed by atoms with van der Waals surface area (Å²) in [5, 5.41) is 0. The molecular weight excluding hydrogens is 266 g/mol. The molecule has 110 valence electrons. The number of pyridine rings is 2. The van der Waals surface area contributed by atoms with E-state index < -0.39 is 0 Å². The standard InChI is InChI=1S/C15H19N5O/c16-14-3-1-11(9-18-14)20-7-5-12(6-8-20)21-13-2-4-15(17)19-10-13/h1-4,9-10,12H,5-8H2,(H2,16,18)(H2,17,19). The first-order valence-electron chi connectivity index (χ1n) is 7.05. The van der Waals surface area contributed by atoms with Crippen LogP contribution in [-0.2, 0) is 0 Å². The van der Waals surface area contributed by atoms with Crippen LogP contribution in [0.5, 0.6) is 5.75 Å². The Labute approximate surface area is 123 Å².